The molecule has 0 radical (unpaired) electrons. The molecule has 1 fully saturated rings. The first-order valence-electron chi connectivity index (χ1n) is 8.57. The van der Waals surface area contributed by atoms with Crippen LogP contribution in [0, 0.1) is 0 Å². The van der Waals surface area contributed by atoms with Crippen LogP contribution < -0.4 is 15.4 Å². The summed E-state index contributed by atoms with van der Waals surface area (Å²) >= 11 is 0. The largest absolute Gasteiger partial charge is 0.497 e. The molecule has 0 heterocycles. The average molecular weight is 336 g/mol. The van der Waals surface area contributed by atoms with Crippen molar-refractivity contribution in [3.63, 3.8) is 0 Å². The molecule has 2 amide bonds. The molecule has 6 heteroatoms. The Kier molecular flexibility index (Phi) is 7.34. The van der Waals surface area contributed by atoms with Crippen molar-refractivity contribution >= 4 is 6.03 Å². The van der Waals surface area contributed by atoms with Gasteiger partial charge in [-0.05, 0) is 37.0 Å². The molecule has 1 aliphatic rings. The zero-order valence-electron chi connectivity index (χ0n) is 14.3. The second-order valence-corrected chi connectivity index (χ2v) is 6.17. The third-order valence-corrected chi connectivity index (χ3v) is 4.44. The number of aliphatic hydroxyl groups is 1. The summed E-state index contributed by atoms with van der Waals surface area (Å²) in [5.41, 5.74) is 0.838. The number of hydrogen-bond donors (Lipinski definition) is 3. The predicted octanol–water partition coefficient (Wildman–Crippen LogP) is 1.86. The van der Waals surface area contributed by atoms with Crippen molar-refractivity contribution in [3.05, 3.63) is 29.8 Å². The van der Waals surface area contributed by atoms with Crippen LogP contribution in [0.2, 0.25) is 0 Å². The zero-order chi connectivity index (χ0) is 17.3. The molecule has 1 aromatic carbocycles. The van der Waals surface area contributed by atoms with Crippen molar-refractivity contribution < 1.29 is 19.4 Å². The topological polar surface area (TPSA) is 79.8 Å². The second-order valence-electron chi connectivity index (χ2n) is 6.17. The van der Waals surface area contributed by atoms with Crippen LogP contribution in [0.3, 0.4) is 0 Å². The molecule has 6 nitrogen and oxygen atoms in total. The van der Waals surface area contributed by atoms with Gasteiger partial charge in [-0.15, -0.1) is 0 Å². The van der Waals surface area contributed by atoms with Gasteiger partial charge in [-0.3, -0.25) is 0 Å². The molecule has 1 aromatic rings. The molecule has 3 N–H and O–H groups in total. The van der Waals surface area contributed by atoms with E-state index in [-0.39, 0.29) is 18.2 Å². The lowest BCUT2D eigenvalue weighted by atomic mass is 10.0. The summed E-state index contributed by atoms with van der Waals surface area (Å²) in [5.74, 6) is 0.828. The van der Waals surface area contributed by atoms with Gasteiger partial charge in [-0.25, -0.2) is 4.79 Å². The van der Waals surface area contributed by atoms with Gasteiger partial charge in [0.15, 0.2) is 0 Å². The number of hydrogen-bond acceptors (Lipinski definition) is 4. The van der Waals surface area contributed by atoms with Crippen LogP contribution in [0.5, 0.6) is 5.75 Å². The number of carbonyl (C=O) groups excluding carboxylic acids is 1. The smallest absolute Gasteiger partial charge is 0.314 e. The van der Waals surface area contributed by atoms with Gasteiger partial charge in [0.2, 0.25) is 0 Å². The molecule has 1 aliphatic carbocycles. The van der Waals surface area contributed by atoms with Crippen molar-refractivity contribution in [1.82, 2.24) is 10.6 Å². The third kappa shape index (κ3) is 5.69. The summed E-state index contributed by atoms with van der Waals surface area (Å²) in [6, 6.07) is 7.64. The maximum Gasteiger partial charge on any atom is 0.314 e. The van der Waals surface area contributed by atoms with Crippen LogP contribution in [0.4, 0.5) is 4.79 Å². The van der Waals surface area contributed by atoms with E-state index in [1.54, 1.807) is 7.11 Å². The summed E-state index contributed by atoms with van der Waals surface area (Å²) < 4.78 is 10.9. The van der Waals surface area contributed by atoms with E-state index in [1.165, 1.54) is 0 Å². The van der Waals surface area contributed by atoms with Gasteiger partial charge in [0.1, 0.15) is 5.75 Å². The van der Waals surface area contributed by atoms with Crippen molar-refractivity contribution in [1.29, 1.82) is 0 Å². The molecule has 134 valence electrons. The highest BCUT2D eigenvalue weighted by molar-refractivity contribution is 5.73. The Morgan fingerprint density at radius 2 is 1.92 bits per heavy atom. The third-order valence-electron chi connectivity index (χ3n) is 4.44. The Bertz CT molecular complexity index is 498. The second kappa shape index (κ2) is 9.49. The Balaban J connectivity index is 1.68. The normalized spacial score (nSPS) is 15.9. The van der Waals surface area contributed by atoms with Crippen molar-refractivity contribution in [2.24, 2.45) is 0 Å². The summed E-state index contributed by atoms with van der Waals surface area (Å²) in [6.07, 6.45) is 4.83. The Hall–Kier alpha value is -1.79. The fourth-order valence-corrected chi connectivity index (χ4v) is 3.07. The number of urea groups is 1. The van der Waals surface area contributed by atoms with Gasteiger partial charge in [0, 0.05) is 13.1 Å². The van der Waals surface area contributed by atoms with Gasteiger partial charge in [-0.2, -0.15) is 0 Å². The highest BCUT2D eigenvalue weighted by Crippen LogP contribution is 2.32. The molecule has 0 atom stereocenters. The van der Waals surface area contributed by atoms with E-state index in [9.17, 15) is 4.79 Å². The van der Waals surface area contributed by atoms with Crippen LogP contribution in [0.15, 0.2) is 24.3 Å². The first-order valence-corrected chi connectivity index (χ1v) is 8.57. The van der Waals surface area contributed by atoms with E-state index in [1.807, 2.05) is 24.3 Å². The molecule has 0 aromatic heterocycles. The maximum absolute atomic E-state index is 12.0. The lowest BCUT2D eigenvalue weighted by Crippen LogP contribution is -2.47. The van der Waals surface area contributed by atoms with Crippen molar-refractivity contribution in [2.45, 2.75) is 37.7 Å². The van der Waals surface area contributed by atoms with Gasteiger partial charge < -0.3 is 25.2 Å². The fourth-order valence-electron chi connectivity index (χ4n) is 3.07. The lowest BCUT2D eigenvalue weighted by molar-refractivity contribution is -0.0505. The van der Waals surface area contributed by atoms with E-state index in [2.05, 4.69) is 10.6 Å². The molecular formula is C18H28N2O4. The number of ether oxygens (including phenoxy) is 2. The number of rotatable bonds is 9. The van der Waals surface area contributed by atoms with Crippen LogP contribution in [-0.4, -0.2) is 50.2 Å². The Morgan fingerprint density at radius 3 is 2.54 bits per heavy atom. The summed E-state index contributed by atoms with van der Waals surface area (Å²) in [5, 5.41) is 14.7. The number of amides is 2. The molecule has 0 bridgehead atoms. The van der Waals surface area contributed by atoms with Crippen LogP contribution in [0.1, 0.15) is 31.2 Å². The quantitative estimate of drug-likeness (QED) is 0.643. The van der Waals surface area contributed by atoms with Gasteiger partial charge in [0.05, 0.1) is 25.9 Å². The van der Waals surface area contributed by atoms with Gasteiger partial charge in [0.25, 0.3) is 0 Å². The Labute approximate surface area is 143 Å². The maximum atomic E-state index is 12.0. The molecule has 0 unspecified atom stereocenters. The number of nitrogens with one attached hydrogen (secondary N) is 2. The molecule has 24 heavy (non-hydrogen) atoms. The molecule has 0 saturated heterocycles. The first-order chi connectivity index (χ1) is 11.7. The number of aliphatic hydroxyl groups excluding tert-OH is 1. The highest BCUT2D eigenvalue weighted by atomic mass is 16.5. The van der Waals surface area contributed by atoms with Gasteiger partial charge >= 0.3 is 6.03 Å². The molecule has 0 aliphatic heterocycles. The fraction of sp³-hybridized carbons (Fsp3) is 0.611. The minimum absolute atomic E-state index is 0.00973. The van der Waals surface area contributed by atoms with Crippen molar-refractivity contribution in [3.8, 4) is 5.75 Å². The summed E-state index contributed by atoms with van der Waals surface area (Å²) in [7, 11) is 1.64. The first kappa shape index (κ1) is 18.5. The average Bonchev–Trinajstić information content (AvgIpc) is 3.08. The Morgan fingerprint density at radius 1 is 1.21 bits per heavy atom. The minimum atomic E-state index is -0.309. The van der Waals surface area contributed by atoms with E-state index in [0.29, 0.717) is 19.7 Å². The van der Waals surface area contributed by atoms with E-state index in [0.717, 1.165) is 43.4 Å². The number of benzene rings is 1. The SMILES string of the molecule is COc1ccc(CCNC(=O)NCC2(OCCO)CCCC2)cc1. The minimum Gasteiger partial charge on any atom is -0.497 e. The van der Waals surface area contributed by atoms with E-state index < -0.39 is 0 Å². The van der Waals surface area contributed by atoms with Crippen molar-refractivity contribution in [2.75, 3.05) is 33.4 Å². The molecule has 2 rings (SSSR count). The van der Waals surface area contributed by atoms with Crippen LogP contribution >= 0.6 is 0 Å². The highest BCUT2D eigenvalue weighted by Gasteiger charge is 2.34. The number of methoxy groups -OCH3 is 1. The van der Waals surface area contributed by atoms with E-state index in [4.69, 9.17) is 14.6 Å². The molecule has 0 spiro atoms. The van der Waals surface area contributed by atoms with Crippen LogP contribution in [0.25, 0.3) is 0 Å². The predicted molar refractivity (Wildman–Crippen MR) is 92.3 cm³/mol. The van der Waals surface area contributed by atoms with Gasteiger partial charge in [-0.1, -0.05) is 25.0 Å². The number of carbonyl (C=O) groups is 1. The molecule has 1 saturated carbocycles. The summed E-state index contributed by atoms with van der Waals surface area (Å²) in [4.78, 5) is 12.0. The van der Waals surface area contributed by atoms with Crippen LogP contribution in [-0.2, 0) is 11.2 Å². The molecular weight excluding hydrogens is 308 g/mol. The zero-order valence-corrected chi connectivity index (χ0v) is 14.3. The standard InChI is InChI=1S/C18H28N2O4/c1-23-16-6-4-15(5-7-16)8-11-19-17(22)20-14-18(24-13-12-21)9-2-3-10-18/h4-7,21H,2-3,8-14H2,1H3,(H2,19,20,22). The lowest BCUT2D eigenvalue weighted by Gasteiger charge is -2.29. The summed E-state index contributed by atoms with van der Waals surface area (Å²) in [6.45, 7) is 1.39. The van der Waals surface area contributed by atoms with E-state index >= 15 is 0 Å². The monoisotopic (exact) mass is 336 g/mol.